The summed E-state index contributed by atoms with van der Waals surface area (Å²) in [6.07, 6.45) is 0. The number of hydrogen-bond acceptors (Lipinski definition) is 3. The number of halogens is 1. The van der Waals surface area contributed by atoms with Crippen molar-refractivity contribution in [3.05, 3.63) is 21.6 Å². The second-order valence-electron chi connectivity index (χ2n) is 4.32. The summed E-state index contributed by atoms with van der Waals surface area (Å²) >= 11 is 6.12. The van der Waals surface area contributed by atoms with Crippen LogP contribution in [0.1, 0.15) is 20.8 Å². The van der Waals surface area contributed by atoms with Crippen molar-refractivity contribution in [2.75, 3.05) is 26.3 Å². The summed E-state index contributed by atoms with van der Waals surface area (Å²) in [6, 6.07) is 0.178. The average molecular weight is 259 g/mol. The third-order valence-electron chi connectivity index (χ3n) is 3.03. The Kier molecular flexibility index (Phi) is 5.78. The highest BCUT2D eigenvalue weighted by Gasteiger charge is 2.24. The molecule has 5 nitrogen and oxygen atoms in total. The number of nitrogens with zero attached hydrogens (tertiary/aromatic N) is 4. The number of azide groups is 1. The van der Waals surface area contributed by atoms with Crippen molar-refractivity contribution in [1.29, 1.82) is 0 Å². The van der Waals surface area contributed by atoms with E-state index in [1.165, 1.54) is 0 Å². The topological polar surface area (TPSA) is 61.2 Å². The van der Waals surface area contributed by atoms with E-state index in [4.69, 9.17) is 21.9 Å². The zero-order chi connectivity index (χ0) is 12.8. The van der Waals surface area contributed by atoms with Crippen LogP contribution in [-0.4, -0.2) is 42.7 Å². The predicted molar refractivity (Wildman–Crippen MR) is 69.0 cm³/mol. The fourth-order valence-corrected chi connectivity index (χ4v) is 2.56. The summed E-state index contributed by atoms with van der Waals surface area (Å²) in [5.41, 5.74) is 9.97. The highest BCUT2D eigenvalue weighted by molar-refractivity contribution is 6.22. The third kappa shape index (κ3) is 3.89. The molecule has 96 valence electrons. The Hall–Kier alpha value is -0.740. The smallest absolute Gasteiger partial charge is 0.135 e. The minimum absolute atomic E-state index is 0.178. The normalized spacial score (nSPS) is 20.2. The zero-order valence-electron chi connectivity index (χ0n) is 10.6. The van der Waals surface area contributed by atoms with Crippen LogP contribution in [0.25, 0.3) is 10.4 Å². The van der Waals surface area contributed by atoms with Gasteiger partial charge in [0, 0.05) is 24.0 Å². The lowest BCUT2D eigenvalue weighted by Gasteiger charge is -2.35. The van der Waals surface area contributed by atoms with E-state index in [9.17, 15) is 0 Å². The highest BCUT2D eigenvalue weighted by Crippen LogP contribution is 2.24. The Morgan fingerprint density at radius 2 is 2.00 bits per heavy atom. The van der Waals surface area contributed by atoms with Crippen molar-refractivity contribution in [1.82, 2.24) is 4.90 Å². The van der Waals surface area contributed by atoms with E-state index in [-0.39, 0.29) is 6.04 Å². The number of rotatable bonds is 4. The van der Waals surface area contributed by atoms with E-state index in [0.29, 0.717) is 0 Å². The minimum Gasteiger partial charge on any atom is -0.379 e. The maximum atomic E-state index is 8.48. The van der Waals surface area contributed by atoms with Gasteiger partial charge in [-0.25, -0.2) is 0 Å². The van der Waals surface area contributed by atoms with Gasteiger partial charge in [0.15, 0.2) is 0 Å². The Bertz CT molecular complexity index is 328. The van der Waals surface area contributed by atoms with Crippen LogP contribution in [0.15, 0.2) is 16.3 Å². The molecule has 0 saturated carbocycles. The Labute approximate surface area is 107 Å². The Balaban J connectivity index is 2.83. The van der Waals surface area contributed by atoms with Gasteiger partial charge in [0.1, 0.15) is 5.50 Å². The molecule has 17 heavy (non-hydrogen) atoms. The summed E-state index contributed by atoms with van der Waals surface area (Å²) in [6.45, 7) is 9.35. The lowest BCUT2D eigenvalue weighted by atomic mass is 10.0. The molecule has 0 radical (unpaired) electrons. The molecule has 1 saturated heterocycles. The number of ether oxygens (including phenoxy) is 1. The molecule has 0 aliphatic carbocycles. The molecule has 1 rings (SSSR count). The fourth-order valence-electron chi connectivity index (χ4n) is 2.12. The van der Waals surface area contributed by atoms with Crippen molar-refractivity contribution in [3.63, 3.8) is 0 Å². The lowest BCUT2D eigenvalue weighted by molar-refractivity contribution is 0.0262. The SMILES string of the molecule is CC(C)=C(C(Cl)N=[N+]=[N-])C(C)N1CCOCC1. The van der Waals surface area contributed by atoms with Crippen LogP contribution in [0.4, 0.5) is 0 Å². The quantitative estimate of drug-likeness (QED) is 0.194. The van der Waals surface area contributed by atoms with Crippen molar-refractivity contribution in [3.8, 4) is 0 Å². The number of allylic oxidation sites excluding steroid dienone is 1. The molecule has 0 bridgehead atoms. The Morgan fingerprint density at radius 1 is 1.41 bits per heavy atom. The molecular weight excluding hydrogens is 240 g/mol. The zero-order valence-corrected chi connectivity index (χ0v) is 11.3. The van der Waals surface area contributed by atoms with Crippen molar-refractivity contribution in [2.45, 2.75) is 32.3 Å². The van der Waals surface area contributed by atoms with Crippen molar-refractivity contribution in [2.24, 2.45) is 5.11 Å². The van der Waals surface area contributed by atoms with Gasteiger partial charge in [-0.15, -0.1) is 11.6 Å². The van der Waals surface area contributed by atoms with Crippen LogP contribution in [0.3, 0.4) is 0 Å². The third-order valence-corrected chi connectivity index (χ3v) is 3.35. The van der Waals surface area contributed by atoms with Crippen LogP contribution in [0.2, 0.25) is 0 Å². The van der Waals surface area contributed by atoms with Crippen LogP contribution < -0.4 is 0 Å². The van der Waals surface area contributed by atoms with E-state index in [1.54, 1.807) is 0 Å². The molecule has 0 spiro atoms. The molecule has 0 amide bonds. The summed E-state index contributed by atoms with van der Waals surface area (Å²) < 4.78 is 5.33. The monoisotopic (exact) mass is 258 g/mol. The number of hydrogen-bond donors (Lipinski definition) is 0. The van der Waals surface area contributed by atoms with Crippen LogP contribution in [-0.2, 0) is 4.74 Å². The maximum Gasteiger partial charge on any atom is 0.135 e. The van der Waals surface area contributed by atoms with E-state index in [2.05, 4.69) is 21.8 Å². The first-order valence-electron chi connectivity index (χ1n) is 5.75. The van der Waals surface area contributed by atoms with Crippen molar-refractivity contribution < 1.29 is 4.74 Å². The second-order valence-corrected chi connectivity index (χ2v) is 4.73. The highest BCUT2D eigenvalue weighted by atomic mass is 35.5. The van der Waals surface area contributed by atoms with Gasteiger partial charge in [-0.05, 0) is 31.9 Å². The molecule has 0 aromatic heterocycles. The molecule has 1 fully saturated rings. The first-order valence-corrected chi connectivity index (χ1v) is 6.19. The molecule has 0 aromatic rings. The van der Waals surface area contributed by atoms with Gasteiger partial charge in [-0.3, -0.25) is 4.90 Å². The number of alkyl halides is 1. The standard InChI is InChI=1S/C11H19ClN4O/c1-8(2)10(11(12)14-15-13)9(3)16-4-6-17-7-5-16/h9,11H,4-7H2,1-3H3. The number of morpholine rings is 1. The van der Waals surface area contributed by atoms with Crippen LogP contribution >= 0.6 is 11.6 Å². The van der Waals surface area contributed by atoms with Crippen LogP contribution in [0, 0.1) is 0 Å². The predicted octanol–water partition coefficient (Wildman–Crippen LogP) is 2.92. The van der Waals surface area contributed by atoms with Gasteiger partial charge >= 0.3 is 0 Å². The Morgan fingerprint density at radius 3 is 2.47 bits per heavy atom. The first kappa shape index (κ1) is 14.3. The molecule has 1 aliphatic heterocycles. The summed E-state index contributed by atoms with van der Waals surface area (Å²) in [7, 11) is 0. The summed E-state index contributed by atoms with van der Waals surface area (Å²) in [5, 5.41) is 3.59. The van der Waals surface area contributed by atoms with Crippen LogP contribution in [0.5, 0.6) is 0 Å². The molecule has 0 N–H and O–H groups in total. The van der Waals surface area contributed by atoms with E-state index in [0.717, 1.165) is 37.4 Å². The van der Waals surface area contributed by atoms with E-state index < -0.39 is 5.50 Å². The summed E-state index contributed by atoms with van der Waals surface area (Å²) in [4.78, 5) is 5.08. The molecule has 1 heterocycles. The van der Waals surface area contributed by atoms with Gasteiger partial charge in [0.2, 0.25) is 0 Å². The minimum atomic E-state index is -0.608. The molecule has 2 atom stereocenters. The molecule has 1 aliphatic rings. The van der Waals surface area contributed by atoms with E-state index in [1.807, 2.05) is 13.8 Å². The maximum absolute atomic E-state index is 8.48. The fraction of sp³-hybridized carbons (Fsp3) is 0.818. The molecule has 2 unspecified atom stereocenters. The lowest BCUT2D eigenvalue weighted by Crippen LogP contribution is -2.44. The van der Waals surface area contributed by atoms with E-state index >= 15 is 0 Å². The second kappa shape index (κ2) is 6.87. The molecular formula is C11H19ClN4O. The largest absolute Gasteiger partial charge is 0.379 e. The average Bonchev–Trinajstić information content (AvgIpc) is 2.30. The summed E-state index contributed by atoms with van der Waals surface area (Å²) in [5.74, 6) is 0. The van der Waals surface area contributed by atoms with Gasteiger partial charge in [0.25, 0.3) is 0 Å². The van der Waals surface area contributed by atoms with Gasteiger partial charge in [-0.2, -0.15) is 0 Å². The van der Waals surface area contributed by atoms with Gasteiger partial charge < -0.3 is 4.74 Å². The van der Waals surface area contributed by atoms with Crippen molar-refractivity contribution >= 4 is 11.6 Å². The molecule has 6 heteroatoms. The first-order chi connectivity index (χ1) is 8.07. The molecule has 0 aromatic carbocycles. The van der Waals surface area contributed by atoms with Gasteiger partial charge in [0.05, 0.1) is 13.2 Å². The van der Waals surface area contributed by atoms with Gasteiger partial charge in [-0.1, -0.05) is 10.7 Å².